The van der Waals surface area contributed by atoms with Gasteiger partial charge < -0.3 is 5.11 Å². The quantitative estimate of drug-likeness (QED) is 0.482. The average molecular weight is 306 g/mol. The minimum Gasteiger partial charge on any atom is -0.478 e. The van der Waals surface area contributed by atoms with Gasteiger partial charge in [0.05, 0.1) is 25.7 Å². The smallest absolute Gasteiger partial charge is 0.337 e. The highest BCUT2D eigenvalue weighted by Gasteiger charge is 2.23. The summed E-state index contributed by atoms with van der Waals surface area (Å²) in [6.07, 6.45) is 0. The lowest BCUT2D eigenvalue weighted by molar-refractivity contribution is 0.0696. The van der Waals surface area contributed by atoms with Crippen molar-refractivity contribution >= 4 is 65.0 Å². The maximum absolute atomic E-state index is 10.9. The Balaban J connectivity index is 3.70. The second-order valence-electron chi connectivity index (χ2n) is 2.57. The van der Waals surface area contributed by atoms with Crippen LogP contribution in [0.2, 0.25) is 20.1 Å². The number of hydrogen-bond acceptors (Lipinski definition) is 2. The molecule has 0 spiro atoms. The van der Waals surface area contributed by atoms with Gasteiger partial charge in [0.1, 0.15) is 0 Å². The van der Waals surface area contributed by atoms with Crippen LogP contribution in [0.15, 0.2) is 0 Å². The van der Waals surface area contributed by atoms with Crippen LogP contribution in [0.5, 0.6) is 0 Å². The van der Waals surface area contributed by atoms with Gasteiger partial charge >= 0.3 is 5.97 Å². The SMILES string of the molecule is O=C(O)c1c(Cl)c(Cl)c(Cl)c(Cl)c1CS. The first-order valence-electron chi connectivity index (χ1n) is 3.60. The fraction of sp³-hybridized carbons (Fsp3) is 0.125. The van der Waals surface area contributed by atoms with E-state index in [9.17, 15) is 4.79 Å². The van der Waals surface area contributed by atoms with Crippen molar-refractivity contribution in [3.63, 3.8) is 0 Å². The molecule has 0 amide bonds. The number of rotatable bonds is 2. The van der Waals surface area contributed by atoms with Crippen molar-refractivity contribution in [2.24, 2.45) is 0 Å². The molecule has 0 aliphatic rings. The number of carboxylic acid groups (broad SMARTS) is 1. The molecule has 0 atom stereocenters. The second-order valence-corrected chi connectivity index (χ2v) is 4.40. The Morgan fingerprint density at radius 2 is 1.53 bits per heavy atom. The van der Waals surface area contributed by atoms with E-state index < -0.39 is 5.97 Å². The summed E-state index contributed by atoms with van der Waals surface area (Å²) >= 11 is 27.0. The molecule has 0 aliphatic carbocycles. The van der Waals surface area contributed by atoms with Crippen LogP contribution >= 0.6 is 59.0 Å². The molecular weight excluding hydrogens is 302 g/mol. The van der Waals surface area contributed by atoms with Gasteiger partial charge in [-0.25, -0.2) is 4.79 Å². The lowest BCUT2D eigenvalue weighted by atomic mass is 10.1. The van der Waals surface area contributed by atoms with Crippen LogP contribution in [-0.2, 0) is 5.75 Å². The fourth-order valence-corrected chi connectivity index (χ4v) is 2.50. The Morgan fingerprint density at radius 3 is 1.93 bits per heavy atom. The first-order chi connectivity index (χ1) is 6.91. The predicted octanol–water partition coefficient (Wildman–Crippen LogP) is 4.43. The van der Waals surface area contributed by atoms with Gasteiger partial charge in [0, 0.05) is 5.75 Å². The van der Waals surface area contributed by atoms with Gasteiger partial charge in [0.25, 0.3) is 0 Å². The molecule has 0 unspecified atom stereocenters. The number of benzene rings is 1. The Bertz CT molecular complexity index is 433. The van der Waals surface area contributed by atoms with Crippen LogP contribution in [0.3, 0.4) is 0 Å². The lowest BCUT2D eigenvalue weighted by Gasteiger charge is -2.11. The average Bonchev–Trinajstić information content (AvgIpc) is 2.19. The third kappa shape index (κ3) is 2.32. The van der Waals surface area contributed by atoms with Crippen LogP contribution in [0.1, 0.15) is 15.9 Å². The summed E-state index contributed by atoms with van der Waals surface area (Å²) < 4.78 is 0. The van der Waals surface area contributed by atoms with E-state index in [0.29, 0.717) is 0 Å². The van der Waals surface area contributed by atoms with Crippen LogP contribution in [-0.4, -0.2) is 11.1 Å². The van der Waals surface area contributed by atoms with E-state index in [0.717, 1.165) is 0 Å². The van der Waals surface area contributed by atoms with Gasteiger partial charge in [-0.2, -0.15) is 12.6 Å². The monoisotopic (exact) mass is 304 g/mol. The van der Waals surface area contributed by atoms with Crippen LogP contribution in [0.25, 0.3) is 0 Å². The van der Waals surface area contributed by atoms with Crippen LogP contribution in [0, 0.1) is 0 Å². The zero-order valence-corrected chi connectivity index (χ0v) is 10.9. The minimum absolute atomic E-state index is 0.0392. The normalized spacial score (nSPS) is 10.5. The van der Waals surface area contributed by atoms with E-state index in [1.165, 1.54) is 0 Å². The van der Waals surface area contributed by atoms with Crippen molar-refractivity contribution in [3.05, 3.63) is 31.2 Å². The second kappa shape index (κ2) is 5.02. The molecule has 0 radical (unpaired) electrons. The van der Waals surface area contributed by atoms with E-state index >= 15 is 0 Å². The molecule has 0 saturated heterocycles. The third-order valence-corrected chi connectivity index (χ3v) is 3.89. The minimum atomic E-state index is -1.22. The summed E-state index contributed by atoms with van der Waals surface area (Å²) in [4.78, 5) is 10.9. The van der Waals surface area contributed by atoms with Crippen molar-refractivity contribution in [2.45, 2.75) is 5.75 Å². The Morgan fingerprint density at radius 1 is 1.07 bits per heavy atom. The summed E-state index contributed by atoms with van der Waals surface area (Å²) in [6.45, 7) is 0. The van der Waals surface area contributed by atoms with E-state index in [-0.39, 0.29) is 37.0 Å². The maximum Gasteiger partial charge on any atom is 0.337 e. The molecule has 1 aromatic rings. The van der Waals surface area contributed by atoms with Gasteiger partial charge in [-0.1, -0.05) is 46.4 Å². The van der Waals surface area contributed by atoms with E-state index in [1.54, 1.807) is 0 Å². The summed E-state index contributed by atoms with van der Waals surface area (Å²) in [5, 5.41) is 8.86. The third-order valence-electron chi connectivity index (χ3n) is 1.74. The molecule has 0 saturated carbocycles. The zero-order valence-electron chi connectivity index (χ0n) is 7.02. The standard InChI is InChI=1S/C8H4Cl4O2S/c9-4-2(1-15)3(8(13)14)5(10)7(12)6(4)11/h15H,1H2,(H,13,14). The first kappa shape index (κ1) is 13.3. The highest BCUT2D eigenvalue weighted by Crippen LogP contribution is 2.41. The highest BCUT2D eigenvalue weighted by molar-refractivity contribution is 7.79. The molecule has 1 N–H and O–H groups in total. The molecule has 0 bridgehead atoms. The Hall–Kier alpha value is 0.200. The fourth-order valence-electron chi connectivity index (χ4n) is 1.05. The number of carbonyl (C=O) groups is 1. The molecule has 82 valence electrons. The Kier molecular flexibility index (Phi) is 4.44. The molecule has 0 aliphatic heterocycles. The van der Waals surface area contributed by atoms with E-state index in [4.69, 9.17) is 51.5 Å². The number of carboxylic acids is 1. The number of halogens is 4. The van der Waals surface area contributed by atoms with Gasteiger partial charge in [-0.15, -0.1) is 0 Å². The summed E-state index contributed by atoms with van der Waals surface area (Å²) in [7, 11) is 0. The van der Waals surface area contributed by atoms with Crippen LogP contribution < -0.4 is 0 Å². The molecule has 1 rings (SSSR count). The van der Waals surface area contributed by atoms with Gasteiger partial charge in [0.2, 0.25) is 0 Å². The Labute approximate surface area is 111 Å². The molecular formula is C8H4Cl4O2S. The number of aromatic carboxylic acids is 1. The topological polar surface area (TPSA) is 37.3 Å². The van der Waals surface area contributed by atoms with Crippen molar-refractivity contribution in [1.29, 1.82) is 0 Å². The van der Waals surface area contributed by atoms with E-state index in [1.807, 2.05) is 0 Å². The molecule has 0 aromatic heterocycles. The molecule has 1 aromatic carbocycles. The predicted molar refractivity (Wildman–Crippen MR) is 66.1 cm³/mol. The lowest BCUT2D eigenvalue weighted by Crippen LogP contribution is -2.04. The van der Waals surface area contributed by atoms with Gasteiger partial charge in [-0.05, 0) is 5.56 Å². The van der Waals surface area contributed by atoms with Gasteiger partial charge in [-0.3, -0.25) is 0 Å². The van der Waals surface area contributed by atoms with E-state index in [2.05, 4.69) is 12.6 Å². The molecule has 2 nitrogen and oxygen atoms in total. The van der Waals surface area contributed by atoms with Crippen molar-refractivity contribution < 1.29 is 9.90 Å². The largest absolute Gasteiger partial charge is 0.478 e. The van der Waals surface area contributed by atoms with Crippen molar-refractivity contribution in [3.8, 4) is 0 Å². The highest BCUT2D eigenvalue weighted by atomic mass is 35.5. The van der Waals surface area contributed by atoms with Crippen molar-refractivity contribution in [2.75, 3.05) is 0 Å². The van der Waals surface area contributed by atoms with Gasteiger partial charge in [0.15, 0.2) is 0 Å². The molecule has 15 heavy (non-hydrogen) atoms. The zero-order chi connectivity index (χ0) is 11.7. The molecule has 0 fully saturated rings. The first-order valence-corrected chi connectivity index (χ1v) is 5.75. The number of hydrogen-bond donors (Lipinski definition) is 2. The van der Waals surface area contributed by atoms with Crippen LogP contribution in [0.4, 0.5) is 0 Å². The molecule has 7 heteroatoms. The summed E-state index contributed by atoms with van der Waals surface area (Å²) in [6, 6.07) is 0. The number of thiol groups is 1. The summed E-state index contributed by atoms with van der Waals surface area (Å²) in [5.74, 6) is -1.11. The summed E-state index contributed by atoms with van der Waals surface area (Å²) in [5.41, 5.74) is 0.0953. The molecule has 0 heterocycles. The maximum atomic E-state index is 10.9. The van der Waals surface area contributed by atoms with Crippen molar-refractivity contribution in [1.82, 2.24) is 0 Å².